The Labute approximate surface area is 159 Å². The van der Waals surface area contributed by atoms with Gasteiger partial charge in [-0.1, -0.05) is 30.3 Å². The maximum absolute atomic E-state index is 13.0. The lowest BCUT2D eigenvalue weighted by molar-refractivity contribution is 0.0932. The average molecular weight is 388 g/mol. The normalized spacial score (nSPS) is 22.2. The summed E-state index contributed by atoms with van der Waals surface area (Å²) in [7, 11) is -3.00. The van der Waals surface area contributed by atoms with Crippen LogP contribution in [0.2, 0.25) is 0 Å². The molecular formula is C20H25N3O3S. The number of fused-ring (bicyclic) bond motifs is 1. The lowest BCUT2D eigenvalue weighted by Gasteiger charge is -2.17. The van der Waals surface area contributed by atoms with E-state index in [1.807, 2.05) is 41.9 Å². The Balaban J connectivity index is 1.62. The Bertz CT molecular complexity index is 950. The van der Waals surface area contributed by atoms with Crippen molar-refractivity contribution in [2.24, 2.45) is 0 Å². The number of rotatable bonds is 4. The molecule has 2 aromatic rings. The Hall–Kier alpha value is -2.15. The number of aromatic nitrogens is 2. The number of hydrogen-bond donors (Lipinski definition) is 1. The maximum Gasteiger partial charge on any atom is 0.272 e. The van der Waals surface area contributed by atoms with Crippen molar-refractivity contribution in [3.8, 4) is 0 Å². The molecule has 144 valence electrons. The molecule has 2 atom stereocenters. The minimum Gasteiger partial charge on any atom is -0.344 e. The molecule has 0 unspecified atom stereocenters. The van der Waals surface area contributed by atoms with E-state index in [9.17, 15) is 13.2 Å². The lowest BCUT2D eigenvalue weighted by atomic mass is 9.95. The van der Waals surface area contributed by atoms with Crippen molar-refractivity contribution >= 4 is 15.7 Å². The highest BCUT2D eigenvalue weighted by molar-refractivity contribution is 7.91. The van der Waals surface area contributed by atoms with Gasteiger partial charge in [-0.05, 0) is 44.6 Å². The third kappa shape index (κ3) is 3.65. The molecule has 1 saturated heterocycles. The third-order valence-electron chi connectivity index (χ3n) is 5.63. The van der Waals surface area contributed by atoms with Gasteiger partial charge in [-0.3, -0.25) is 9.48 Å². The number of amides is 1. The number of sulfone groups is 1. The monoisotopic (exact) mass is 387 g/mol. The summed E-state index contributed by atoms with van der Waals surface area (Å²) >= 11 is 0. The Morgan fingerprint density at radius 2 is 1.96 bits per heavy atom. The fourth-order valence-electron chi connectivity index (χ4n) is 4.17. The van der Waals surface area contributed by atoms with Crippen LogP contribution in [0.25, 0.3) is 0 Å². The molecule has 6 nitrogen and oxygen atoms in total. The zero-order valence-electron chi connectivity index (χ0n) is 15.5. The predicted molar refractivity (Wildman–Crippen MR) is 104 cm³/mol. The van der Waals surface area contributed by atoms with E-state index in [-0.39, 0.29) is 29.5 Å². The van der Waals surface area contributed by atoms with Crippen LogP contribution in [0, 0.1) is 0 Å². The standard InChI is InChI=1S/C20H25N3O3S/c1-14(15-7-3-2-4-8-15)21-20(24)19-17-9-5-6-10-18(17)23(22-19)16-11-12-27(25,26)13-16/h2-4,7-8,14,16H,5-6,9-13H2,1H3,(H,21,24)/t14-,16-/m1/s1. The largest absolute Gasteiger partial charge is 0.344 e. The molecule has 1 aromatic carbocycles. The number of nitrogens with zero attached hydrogens (tertiary/aromatic N) is 2. The Morgan fingerprint density at radius 3 is 2.67 bits per heavy atom. The van der Waals surface area contributed by atoms with E-state index in [2.05, 4.69) is 10.4 Å². The summed E-state index contributed by atoms with van der Waals surface area (Å²) < 4.78 is 25.7. The number of hydrogen-bond acceptors (Lipinski definition) is 4. The van der Waals surface area contributed by atoms with Crippen LogP contribution < -0.4 is 5.32 Å². The van der Waals surface area contributed by atoms with Gasteiger partial charge in [0.1, 0.15) is 0 Å². The van der Waals surface area contributed by atoms with Crippen LogP contribution in [-0.4, -0.2) is 35.6 Å². The molecule has 4 rings (SSSR count). The average Bonchev–Trinajstić information content (AvgIpc) is 3.22. The fourth-order valence-corrected chi connectivity index (χ4v) is 5.86. The summed E-state index contributed by atoms with van der Waals surface area (Å²) in [5.41, 5.74) is 3.57. The highest BCUT2D eigenvalue weighted by Gasteiger charge is 2.34. The summed E-state index contributed by atoms with van der Waals surface area (Å²) in [5.74, 6) is 0.158. The molecule has 7 heteroatoms. The van der Waals surface area contributed by atoms with Gasteiger partial charge in [-0.25, -0.2) is 8.42 Å². The SMILES string of the molecule is C[C@@H](NC(=O)c1nn([C@@H]2CCS(=O)(=O)C2)c2c1CCCC2)c1ccccc1. The molecule has 0 spiro atoms. The van der Waals surface area contributed by atoms with Gasteiger partial charge in [0.05, 0.1) is 23.6 Å². The van der Waals surface area contributed by atoms with E-state index in [0.29, 0.717) is 12.1 Å². The van der Waals surface area contributed by atoms with Crippen molar-refractivity contribution in [3.63, 3.8) is 0 Å². The van der Waals surface area contributed by atoms with E-state index >= 15 is 0 Å². The van der Waals surface area contributed by atoms with Crippen molar-refractivity contribution in [2.45, 2.75) is 51.1 Å². The smallest absolute Gasteiger partial charge is 0.272 e. The second-order valence-electron chi connectivity index (χ2n) is 7.59. The fraction of sp³-hybridized carbons (Fsp3) is 0.500. The van der Waals surface area contributed by atoms with Crippen molar-refractivity contribution in [2.75, 3.05) is 11.5 Å². The van der Waals surface area contributed by atoms with Gasteiger partial charge < -0.3 is 5.32 Å². The second kappa shape index (κ2) is 7.11. The minimum atomic E-state index is -3.00. The molecule has 1 fully saturated rings. The second-order valence-corrected chi connectivity index (χ2v) is 9.82. The summed E-state index contributed by atoms with van der Waals surface area (Å²) in [6.07, 6.45) is 4.37. The van der Waals surface area contributed by atoms with Gasteiger partial charge in [0.2, 0.25) is 0 Å². The first kappa shape index (κ1) is 18.2. The Morgan fingerprint density at radius 1 is 1.22 bits per heavy atom. The molecule has 2 heterocycles. The van der Waals surface area contributed by atoms with Crippen LogP contribution in [0.3, 0.4) is 0 Å². The highest BCUT2D eigenvalue weighted by atomic mass is 32.2. The third-order valence-corrected chi connectivity index (χ3v) is 7.38. The zero-order valence-corrected chi connectivity index (χ0v) is 16.3. The minimum absolute atomic E-state index is 0.116. The molecule has 1 aliphatic heterocycles. The summed E-state index contributed by atoms with van der Waals surface area (Å²) in [6, 6.07) is 9.57. The zero-order chi connectivity index (χ0) is 19.0. The van der Waals surface area contributed by atoms with Crippen molar-refractivity contribution in [1.29, 1.82) is 0 Å². The molecule has 1 amide bonds. The van der Waals surface area contributed by atoms with Gasteiger partial charge in [0, 0.05) is 11.3 Å². The summed E-state index contributed by atoms with van der Waals surface area (Å²) in [5, 5.41) is 7.68. The molecule has 1 aromatic heterocycles. The number of benzene rings is 1. The van der Waals surface area contributed by atoms with Crippen molar-refractivity contribution < 1.29 is 13.2 Å². The highest BCUT2D eigenvalue weighted by Crippen LogP contribution is 2.31. The molecule has 1 aliphatic carbocycles. The van der Waals surface area contributed by atoms with Crippen molar-refractivity contribution in [1.82, 2.24) is 15.1 Å². The van der Waals surface area contributed by atoms with E-state index in [1.165, 1.54) is 0 Å². The molecule has 0 radical (unpaired) electrons. The van der Waals surface area contributed by atoms with Crippen LogP contribution in [0.5, 0.6) is 0 Å². The molecule has 0 bridgehead atoms. The maximum atomic E-state index is 13.0. The lowest BCUT2D eigenvalue weighted by Crippen LogP contribution is -2.28. The van der Waals surface area contributed by atoms with Gasteiger partial charge in [0.15, 0.2) is 15.5 Å². The number of carbonyl (C=O) groups is 1. The van der Waals surface area contributed by atoms with Crippen LogP contribution in [0.15, 0.2) is 30.3 Å². The predicted octanol–water partition coefficient (Wildman–Crippen LogP) is 2.61. The van der Waals surface area contributed by atoms with Crippen molar-refractivity contribution in [3.05, 3.63) is 52.8 Å². The first-order valence-electron chi connectivity index (χ1n) is 9.61. The Kier molecular flexibility index (Phi) is 4.80. The van der Waals surface area contributed by atoms with E-state index < -0.39 is 9.84 Å². The van der Waals surface area contributed by atoms with E-state index in [1.54, 1.807) is 0 Å². The van der Waals surface area contributed by atoms with Gasteiger partial charge >= 0.3 is 0 Å². The van der Waals surface area contributed by atoms with Gasteiger partial charge in [-0.2, -0.15) is 5.10 Å². The molecule has 27 heavy (non-hydrogen) atoms. The molecule has 1 N–H and O–H groups in total. The van der Waals surface area contributed by atoms with Crippen LogP contribution in [0.4, 0.5) is 0 Å². The first-order valence-corrected chi connectivity index (χ1v) is 11.4. The first-order chi connectivity index (χ1) is 12.9. The van der Waals surface area contributed by atoms with Gasteiger partial charge in [0.25, 0.3) is 5.91 Å². The topological polar surface area (TPSA) is 81.1 Å². The van der Waals surface area contributed by atoms with Crippen LogP contribution >= 0.6 is 0 Å². The molecular weight excluding hydrogens is 362 g/mol. The van der Waals surface area contributed by atoms with E-state index in [4.69, 9.17) is 0 Å². The summed E-state index contributed by atoms with van der Waals surface area (Å²) in [6.45, 7) is 1.96. The number of nitrogens with one attached hydrogen (secondary N) is 1. The van der Waals surface area contributed by atoms with E-state index in [0.717, 1.165) is 42.5 Å². The number of carbonyl (C=O) groups excluding carboxylic acids is 1. The quantitative estimate of drug-likeness (QED) is 0.874. The molecule has 2 aliphatic rings. The summed E-state index contributed by atoms with van der Waals surface area (Å²) in [4.78, 5) is 13.0. The molecule has 0 saturated carbocycles. The van der Waals surface area contributed by atoms with Gasteiger partial charge in [-0.15, -0.1) is 0 Å². The van der Waals surface area contributed by atoms with Crippen LogP contribution in [0.1, 0.15) is 65.6 Å². The van der Waals surface area contributed by atoms with Crippen LogP contribution in [-0.2, 0) is 22.7 Å².